The van der Waals surface area contributed by atoms with Crippen LogP contribution in [0.2, 0.25) is 0 Å². The van der Waals surface area contributed by atoms with Gasteiger partial charge in [0.25, 0.3) is 0 Å². The predicted octanol–water partition coefficient (Wildman–Crippen LogP) is 1.58. The second-order valence-electron chi connectivity index (χ2n) is 5.57. The van der Waals surface area contributed by atoms with Crippen LogP contribution in [0.25, 0.3) is 0 Å². The number of benzene rings is 1. The Kier molecular flexibility index (Phi) is 5.33. The topological polar surface area (TPSA) is 83.6 Å². The molecule has 5 nitrogen and oxygen atoms in total. The van der Waals surface area contributed by atoms with Gasteiger partial charge in [0, 0.05) is 25.4 Å². The Labute approximate surface area is 124 Å². The smallest absolute Gasteiger partial charge is 0.320 e. The van der Waals surface area contributed by atoms with Gasteiger partial charge in [-0.3, -0.25) is 9.59 Å². The first-order valence-corrected chi connectivity index (χ1v) is 7.39. The van der Waals surface area contributed by atoms with Crippen molar-refractivity contribution < 1.29 is 14.7 Å². The van der Waals surface area contributed by atoms with Crippen LogP contribution in [0.1, 0.15) is 37.2 Å². The molecule has 3 N–H and O–H groups in total. The summed E-state index contributed by atoms with van der Waals surface area (Å²) in [5.41, 5.74) is 6.70. The minimum Gasteiger partial charge on any atom is -0.480 e. The molecule has 2 rings (SSSR count). The van der Waals surface area contributed by atoms with Crippen LogP contribution < -0.4 is 5.73 Å². The van der Waals surface area contributed by atoms with Gasteiger partial charge in [0.15, 0.2) is 0 Å². The number of nitrogens with zero attached hydrogens (tertiary/aromatic N) is 1. The highest BCUT2D eigenvalue weighted by Gasteiger charge is 2.25. The molecular formula is C16H22N2O3. The Morgan fingerprint density at radius 3 is 2.71 bits per heavy atom. The van der Waals surface area contributed by atoms with Crippen molar-refractivity contribution in [1.29, 1.82) is 0 Å². The van der Waals surface area contributed by atoms with E-state index in [9.17, 15) is 9.59 Å². The fourth-order valence-electron chi connectivity index (χ4n) is 2.76. The van der Waals surface area contributed by atoms with Crippen LogP contribution in [0.4, 0.5) is 0 Å². The first-order valence-electron chi connectivity index (χ1n) is 7.39. The molecule has 0 aliphatic carbocycles. The average molecular weight is 290 g/mol. The molecule has 0 bridgehead atoms. The Hall–Kier alpha value is -1.88. The molecule has 0 radical (unpaired) electrons. The SMILES string of the molecule is N[C@@H](CCC(=O)N1CCCC(c2ccccc2)C1)C(=O)O. The molecule has 1 fully saturated rings. The number of likely N-dealkylation sites (tertiary alicyclic amines) is 1. The van der Waals surface area contributed by atoms with E-state index in [0.717, 1.165) is 19.4 Å². The van der Waals surface area contributed by atoms with Gasteiger partial charge in [-0.2, -0.15) is 0 Å². The first kappa shape index (κ1) is 15.5. The first-order chi connectivity index (χ1) is 10.1. The highest BCUT2D eigenvalue weighted by Crippen LogP contribution is 2.27. The number of amides is 1. The lowest BCUT2D eigenvalue weighted by atomic mass is 9.90. The molecule has 2 atom stereocenters. The van der Waals surface area contributed by atoms with Gasteiger partial charge < -0.3 is 15.7 Å². The van der Waals surface area contributed by atoms with Gasteiger partial charge in [-0.25, -0.2) is 0 Å². The van der Waals surface area contributed by atoms with E-state index in [1.165, 1.54) is 5.56 Å². The molecule has 1 aliphatic rings. The summed E-state index contributed by atoms with van der Waals surface area (Å²) in [5.74, 6) is -0.673. The summed E-state index contributed by atoms with van der Waals surface area (Å²) in [6.45, 7) is 1.47. The third kappa shape index (κ3) is 4.29. The summed E-state index contributed by atoms with van der Waals surface area (Å²) in [6, 6.07) is 9.26. The standard InChI is InChI=1S/C16H22N2O3/c17-14(16(20)21)8-9-15(19)18-10-4-7-13(11-18)12-5-2-1-3-6-12/h1-3,5-6,13-14H,4,7-11,17H2,(H,20,21)/t13?,14-/m0/s1. The molecule has 1 saturated heterocycles. The molecule has 1 heterocycles. The molecular weight excluding hydrogens is 268 g/mol. The zero-order chi connectivity index (χ0) is 15.2. The third-order valence-corrected chi connectivity index (χ3v) is 4.03. The van der Waals surface area contributed by atoms with Crippen molar-refractivity contribution in [2.75, 3.05) is 13.1 Å². The van der Waals surface area contributed by atoms with Gasteiger partial charge in [0.2, 0.25) is 5.91 Å². The number of hydrogen-bond donors (Lipinski definition) is 2. The number of carboxylic acids is 1. The molecule has 1 aliphatic heterocycles. The molecule has 5 heteroatoms. The lowest BCUT2D eigenvalue weighted by Crippen LogP contribution is -2.40. The van der Waals surface area contributed by atoms with Gasteiger partial charge in [0.05, 0.1) is 0 Å². The molecule has 21 heavy (non-hydrogen) atoms. The maximum absolute atomic E-state index is 12.2. The maximum Gasteiger partial charge on any atom is 0.320 e. The highest BCUT2D eigenvalue weighted by atomic mass is 16.4. The normalized spacial score (nSPS) is 20.0. The predicted molar refractivity (Wildman–Crippen MR) is 79.8 cm³/mol. The fraction of sp³-hybridized carbons (Fsp3) is 0.500. The summed E-state index contributed by atoms with van der Waals surface area (Å²) in [4.78, 5) is 24.7. The highest BCUT2D eigenvalue weighted by molar-refractivity contribution is 5.78. The maximum atomic E-state index is 12.2. The third-order valence-electron chi connectivity index (χ3n) is 4.03. The number of carbonyl (C=O) groups is 2. The van der Waals surface area contributed by atoms with Gasteiger partial charge in [-0.05, 0) is 24.8 Å². The fourth-order valence-corrected chi connectivity index (χ4v) is 2.76. The minimum absolute atomic E-state index is 0.00679. The summed E-state index contributed by atoms with van der Waals surface area (Å²) < 4.78 is 0. The van der Waals surface area contributed by atoms with E-state index < -0.39 is 12.0 Å². The second kappa shape index (κ2) is 7.22. The molecule has 0 saturated carbocycles. The summed E-state index contributed by atoms with van der Waals surface area (Å²) in [5, 5.41) is 8.75. The van der Waals surface area contributed by atoms with Crippen LogP contribution in [-0.4, -0.2) is 41.0 Å². The molecule has 114 valence electrons. The van der Waals surface area contributed by atoms with Crippen LogP contribution >= 0.6 is 0 Å². The van der Waals surface area contributed by atoms with E-state index in [1.54, 1.807) is 0 Å². The lowest BCUT2D eigenvalue weighted by Gasteiger charge is -2.33. The van der Waals surface area contributed by atoms with Crippen LogP contribution in [0.15, 0.2) is 30.3 Å². The van der Waals surface area contributed by atoms with Gasteiger partial charge in [0.1, 0.15) is 6.04 Å². The number of nitrogens with two attached hydrogens (primary N) is 1. The van der Waals surface area contributed by atoms with E-state index in [-0.39, 0.29) is 18.7 Å². The van der Waals surface area contributed by atoms with Crippen LogP contribution in [0.3, 0.4) is 0 Å². The van der Waals surface area contributed by atoms with Crippen LogP contribution in [0, 0.1) is 0 Å². The zero-order valence-electron chi connectivity index (χ0n) is 12.1. The Bertz CT molecular complexity index is 490. The molecule has 1 unspecified atom stereocenters. The molecule has 1 aromatic carbocycles. The summed E-state index contributed by atoms with van der Waals surface area (Å²) in [7, 11) is 0. The monoisotopic (exact) mass is 290 g/mol. The second-order valence-corrected chi connectivity index (χ2v) is 5.57. The zero-order valence-corrected chi connectivity index (χ0v) is 12.1. The van der Waals surface area contributed by atoms with Crippen molar-refractivity contribution in [2.24, 2.45) is 5.73 Å². The average Bonchev–Trinajstić information content (AvgIpc) is 2.53. The van der Waals surface area contributed by atoms with E-state index in [4.69, 9.17) is 10.8 Å². The number of carbonyl (C=O) groups excluding carboxylic acids is 1. The van der Waals surface area contributed by atoms with Gasteiger partial charge >= 0.3 is 5.97 Å². The van der Waals surface area contributed by atoms with Crippen molar-refractivity contribution in [2.45, 2.75) is 37.6 Å². The largest absolute Gasteiger partial charge is 0.480 e. The van der Waals surface area contributed by atoms with Gasteiger partial charge in [-0.1, -0.05) is 30.3 Å². The van der Waals surface area contributed by atoms with E-state index in [2.05, 4.69) is 12.1 Å². The van der Waals surface area contributed by atoms with Crippen molar-refractivity contribution in [3.05, 3.63) is 35.9 Å². The number of hydrogen-bond acceptors (Lipinski definition) is 3. The van der Waals surface area contributed by atoms with E-state index >= 15 is 0 Å². The number of piperidine rings is 1. The van der Waals surface area contributed by atoms with Crippen molar-refractivity contribution in [1.82, 2.24) is 4.90 Å². The van der Waals surface area contributed by atoms with E-state index in [1.807, 2.05) is 23.1 Å². The molecule has 0 spiro atoms. The quantitative estimate of drug-likeness (QED) is 0.862. The van der Waals surface area contributed by atoms with Crippen LogP contribution in [-0.2, 0) is 9.59 Å². The Morgan fingerprint density at radius 1 is 1.33 bits per heavy atom. The summed E-state index contributed by atoms with van der Waals surface area (Å²) >= 11 is 0. The Balaban J connectivity index is 1.89. The number of aliphatic carboxylic acids is 1. The number of rotatable bonds is 5. The number of carboxylic acid groups (broad SMARTS) is 1. The van der Waals surface area contributed by atoms with Gasteiger partial charge in [-0.15, -0.1) is 0 Å². The lowest BCUT2D eigenvalue weighted by molar-refractivity contribution is -0.139. The van der Waals surface area contributed by atoms with Crippen molar-refractivity contribution >= 4 is 11.9 Å². The van der Waals surface area contributed by atoms with Crippen molar-refractivity contribution in [3.8, 4) is 0 Å². The Morgan fingerprint density at radius 2 is 2.05 bits per heavy atom. The van der Waals surface area contributed by atoms with Crippen LogP contribution in [0.5, 0.6) is 0 Å². The van der Waals surface area contributed by atoms with Crippen molar-refractivity contribution in [3.63, 3.8) is 0 Å². The molecule has 1 aromatic rings. The summed E-state index contributed by atoms with van der Waals surface area (Å²) in [6.07, 6.45) is 2.47. The minimum atomic E-state index is -1.05. The molecule has 1 amide bonds. The van der Waals surface area contributed by atoms with E-state index in [0.29, 0.717) is 12.5 Å². The molecule has 0 aromatic heterocycles.